The Morgan fingerprint density at radius 3 is 2.30 bits per heavy atom. The zero-order valence-corrected chi connectivity index (χ0v) is 12.7. The maximum Gasteiger partial charge on any atom is 0.234 e. The molecular formula is C16H25FN2O. The van der Waals surface area contributed by atoms with Crippen molar-refractivity contribution in [2.75, 3.05) is 6.54 Å². The standard InChI is InChI=1S/C16H25FN2O/c1-5-12(4)18-10-15(20)19-16(11(2)3)13-6-8-14(17)9-7-13/h6-9,11-12,16,18H,5,10H2,1-4H3,(H,19,20). The van der Waals surface area contributed by atoms with Crippen LogP contribution in [0.3, 0.4) is 0 Å². The number of hydrogen-bond acceptors (Lipinski definition) is 2. The van der Waals surface area contributed by atoms with Gasteiger partial charge in [-0.25, -0.2) is 4.39 Å². The van der Waals surface area contributed by atoms with E-state index < -0.39 is 0 Å². The van der Waals surface area contributed by atoms with Crippen molar-refractivity contribution in [3.8, 4) is 0 Å². The minimum atomic E-state index is -0.263. The number of carbonyl (C=O) groups excluding carboxylic acids is 1. The molecule has 0 spiro atoms. The third-order valence-corrected chi connectivity index (χ3v) is 3.44. The molecule has 0 aliphatic rings. The van der Waals surface area contributed by atoms with E-state index in [4.69, 9.17) is 0 Å². The van der Waals surface area contributed by atoms with Crippen LogP contribution in [0.5, 0.6) is 0 Å². The largest absolute Gasteiger partial charge is 0.348 e. The van der Waals surface area contributed by atoms with Gasteiger partial charge in [0.2, 0.25) is 5.91 Å². The van der Waals surface area contributed by atoms with Gasteiger partial charge in [0.15, 0.2) is 0 Å². The highest BCUT2D eigenvalue weighted by Gasteiger charge is 2.18. The predicted molar refractivity (Wildman–Crippen MR) is 79.9 cm³/mol. The number of hydrogen-bond donors (Lipinski definition) is 2. The zero-order valence-electron chi connectivity index (χ0n) is 12.7. The fourth-order valence-electron chi connectivity index (χ4n) is 1.94. The van der Waals surface area contributed by atoms with E-state index in [0.29, 0.717) is 12.6 Å². The fraction of sp³-hybridized carbons (Fsp3) is 0.562. The maximum absolute atomic E-state index is 13.0. The number of amides is 1. The molecule has 0 fully saturated rings. The van der Waals surface area contributed by atoms with Gasteiger partial charge in [0.25, 0.3) is 0 Å². The molecule has 0 saturated carbocycles. The molecule has 0 bridgehead atoms. The second-order valence-corrected chi connectivity index (χ2v) is 5.53. The van der Waals surface area contributed by atoms with E-state index in [9.17, 15) is 9.18 Å². The van der Waals surface area contributed by atoms with Gasteiger partial charge in [-0.2, -0.15) is 0 Å². The number of carbonyl (C=O) groups is 1. The van der Waals surface area contributed by atoms with Crippen LogP contribution in [0.15, 0.2) is 24.3 Å². The monoisotopic (exact) mass is 280 g/mol. The van der Waals surface area contributed by atoms with Crippen LogP contribution in [-0.2, 0) is 4.79 Å². The van der Waals surface area contributed by atoms with Crippen LogP contribution >= 0.6 is 0 Å². The smallest absolute Gasteiger partial charge is 0.234 e. The van der Waals surface area contributed by atoms with Crippen molar-refractivity contribution >= 4 is 5.91 Å². The molecule has 0 aliphatic heterocycles. The van der Waals surface area contributed by atoms with Crippen molar-refractivity contribution in [2.45, 2.75) is 46.2 Å². The second kappa shape index (κ2) is 8.00. The molecule has 0 heterocycles. The number of benzene rings is 1. The summed E-state index contributed by atoms with van der Waals surface area (Å²) in [5.41, 5.74) is 0.929. The zero-order chi connectivity index (χ0) is 15.1. The second-order valence-electron chi connectivity index (χ2n) is 5.53. The number of rotatable bonds is 7. The van der Waals surface area contributed by atoms with Gasteiger partial charge in [-0.15, -0.1) is 0 Å². The van der Waals surface area contributed by atoms with E-state index in [1.54, 1.807) is 12.1 Å². The number of halogens is 1. The summed E-state index contributed by atoms with van der Waals surface area (Å²) in [6.45, 7) is 8.50. The Kier molecular flexibility index (Phi) is 6.65. The Labute approximate surface area is 121 Å². The molecule has 20 heavy (non-hydrogen) atoms. The molecule has 2 atom stereocenters. The summed E-state index contributed by atoms with van der Waals surface area (Å²) in [5, 5.41) is 6.17. The normalized spacial score (nSPS) is 14.1. The molecule has 1 rings (SSSR count). The molecule has 0 aliphatic carbocycles. The van der Waals surface area contributed by atoms with E-state index in [1.165, 1.54) is 12.1 Å². The third-order valence-electron chi connectivity index (χ3n) is 3.44. The van der Waals surface area contributed by atoms with Crippen molar-refractivity contribution in [1.82, 2.24) is 10.6 Å². The Bertz CT molecular complexity index is 417. The predicted octanol–water partition coefficient (Wildman–Crippen LogP) is 3.03. The van der Waals surface area contributed by atoms with Crippen LogP contribution in [-0.4, -0.2) is 18.5 Å². The molecule has 2 unspecified atom stereocenters. The Morgan fingerprint density at radius 1 is 1.20 bits per heavy atom. The highest BCUT2D eigenvalue weighted by Crippen LogP contribution is 2.21. The minimum Gasteiger partial charge on any atom is -0.348 e. The molecule has 1 amide bonds. The summed E-state index contributed by atoms with van der Waals surface area (Å²) in [6, 6.07) is 6.53. The molecule has 1 aromatic carbocycles. The van der Waals surface area contributed by atoms with Gasteiger partial charge in [0.1, 0.15) is 5.82 Å². The van der Waals surface area contributed by atoms with E-state index in [0.717, 1.165) is 12.0 Å². The first-order valence-electron chi connectivity index (χ1n) is 7.22. The number of nitrogens with one attached hydrogen (secondary N) is 2. The van der Waals surface area contributed by atoms with Gasteiger partial charge >= 0.3 is 0 Å². The lowest BCUT2D eigenvalue weighted by molar-refractivity contribution is -0.121. The minimum absolute atomic E-state index is 0.0340. The Hall–Kier alpha value is -1.42. The molecule has 0 radical (unpaired) electrons. The van der Waals surface area contributed by atoms with Crippen molar-refractivity contribution < 1.29 is 9.18 Å². The first kappa shape index (κ1) is 16.6. The van der Waals surface area contributed by atoms with Crippen LogP contribution in [0.4, 0.5) is 4.39 Å². The molecular weight excluding hydrogens is 255 g/mol. The molecule has 0 saturated heterocycles. The molecule has 2 N–H and O–H groups in total. The van der Waals surface area contributed by atoms with Gasteiger partial charge in [0.05, 0.1) is 12.6 Å². The molecule has 3 nitrogen and oxygen atoms in total. The highest BCUT2D eigenvalue weighted by molar-refractivity contribution is 5.78. The molecule has 1 aromatic rings. The lowest BCUT2D eigenvalue weighted by atomic mass is 9.96. The summed E-state index contributed by atoms with van der Waals surface area (Å²) in [7, 11) is 0. The first-order chi connectivity index (χ1) is 9.43. The van der Waals surface area contributed by atoms with Crippen LogP contribution in [0, 0.1) is 11.7 Å². The molecule has 4 heteroatoms. The van der Waals surface area contributed by atoms with E-state index in [-0.39, 0.29) is 23.7 Å². The van der Waals surface area contributed by atoms with Crippen molar-refractivity contribution in [1.29, 1.82) is 0 Å². The average molecular weight is 280 g/mol. The Morgan fingerprint density at radius 2 is 1.80 bits per heavy atom. The van der Waals surface area contributed by atoms with Crippen LogP contribution in [0.2, 0.25) is 0 Å². The van der Waals surface area contributed by atoms with Gasteiger partial charge in [-0.1, -0.05) is 32.9 Å². The van der Waals surface area contributed by atoms with Gasteiger partial charge in [0, 0.05) is 6.04 Å². The quantitative estimate of drug-likeness (QED) is 0.806. The van der Waals surface area contributed by atoms with Crippen molar-refractivity contribution in [3.63, 3.8) is 0 Å². The molecule has 0 aromatic heterocycles. The van der Waals surface area contributed by atoms with Crippen LogP contribution in [0.25, 0.3) is 0 Å². The van der Waals surface area contributed by atoms with Gasteiger partial charge in [-0.05, 0) is 37.0 Å². The van der Waals surface area contributed by atoms with E-state index in [1.807, 2.05) is 20.8 Å². The maximum atomic E-state index is 13.0. The van der Waals surface area contributed by atoms with E-state index >= 15 is 0 Å². The van der Waals surface area contributed by atoms with Crippen molar-refractivity contribution in [2.24, 2.45) is 5.92 Å². The summed E-state index contributed by atoms with van der Waals surface area (Å²) < 4.78 is 13.0. The first-order valence-corrected chi connectivity index (χ1v) is 7.22. The third kappa shape index (κ3) is 5.29. The SMILES string of the molecule is CCC(C)NCC(=O)NC(c1ccc(F)cc1)C(C)C. The Balaban J connectivity index is 2.63. The van der Waals surface area contributed by atoms with Gasteiger partial charge in [-0.3, -0.25) is 4.79 Å². The summed E-state index contributed by atoms with van der Waals surface area (Å²) in [4.78, 5) is 12.0. The van der Waals surface area contributed by atoms with Crippen LogP contribution < -0.4 is 10.6 Å². The average Bonchev–Trinajstić information content (AvgIpc) is 2.43. The van der Waals surface area contributed by atoms with Crippen LogP contribution in [0.1, 0.15) is 45.7 Å². The highest BCUT2D eigenvalue weighted by atomic mass is 19.1. The fourth-order valence-corrected chi connectivity index (χ4v) is 1.94. The molecule has 112 valence electrons. The lowest BCUT2D eigenvalue weighted by Gasteiger charge is -2.23. The van der Waals surface area contributed by atoms with Gasteiger partial charge < -0.3 is 10.6 Å². The lowest BCUT2D eigenvalue weighted by Crippen LogP contribution is -2.40. The van der Waals surface area contributed by atoms with E-state index in [2.05, 4.69) is 17.6 Å². The summed E-state index contributed by atoms with van der Waals surface area (Å²) in [6.07, 6.45) is 0.985. The summed E-state index contributed by atoms with van der Waals surface area (Å²) in [5.74, 6) is -0.0534. The van der Waals surface area contributed by atoms with Crippen molar-refractivity contribution in [3.05, 3.63) is 35.6 Å². The summed E-state index contributed by atoms with van der Waals surface area (Å²) >= 11 is 0. The topological polar surface area (TPSA) is 41.1 Å².